The van der Waals surface area contributed by atoms with Crippen LogP contribution in [0.2, 0.25) is 0 Å². The van der Waals surface area contributed by atoms with Crippen molar-refractivity contribution in [3.05, 3.63) is 12.2 Å². The van der Waals surface area contributed by atoms with Crippen molar-refractivity contribution < 1.29 is 24.8 Å². The van der Waals surface area contributed by atoms with Crippen molar-refractivity contribution in [1.82, 2.24) is 0 Å². The summed E-state index contributed by atoms with van der Waals surface area (Å²) in [5.74, 6) is 0.0808. The van der Waals surface area contributed by atoms with Gasteiger partial charge < -0.3 is 10.2 Å². The molecule has 1 aliphatic heterocycles. The lowest BCUT2D eigenvalue weighted by molar-refractivity contribution is -0.337. The molecule has 2 N–H and O–H groups in total. The van der Waals surface area contributed by atoms with Crippen LogP contribution in [-0.4, -0.2) is 34.5 Å². The Bertz CT molecular complexity index is 422. The van der Waals surface area contributed by atoms with Gasteiger partial charge in [0.1, 0.15) is 6.10 Å². The van der Waals surface area contributed by atoms with Crippen molar-refractivity contribution >= 4 is 5.97 Å². The first-order chi connectivity index (χ1) is 12.1. The molecule has 144 valence electrons. The summed E-state index contributed by atoms with van der Waals surface area (Å²) < 4.78 is 0. The first-order valence-electron chi connectivity index (χ1n) is 10.0. The maximum absolute atomic E-state index is 10.5. The summed E-state index contributed by atoms with van der Waals surface area (Å²) >= 11 is 0. The van der Waals surface area contributed by atoms with Crippen LogP contribution in [0.3, 0.4) is 0 Å². The second kappa shape index (κ2) is 10.9. The minimum Gasteiger partial charge on any atom is -0.481 e. The van der Waals surface area contributed by atoms with Crippen LogP contribution in [-0.2, 0) is 14.6 Å². The number of hydrogen-bond acceptors (Lipinski definition) is 4. The Balaban J connectivity index is 1.71. The van der Waals surface area contributed by atoms with Crippen molar-refractivity contribution in [3.8, 4) is 0 Å². The molecule has 0 amide bonds. The molecule has 5 atom stereocenters. The van der Waals surface area contributed by atoms with Crippen LogP contribution in [0.25, 0.3) is 0 Å². The smallest absolute Gasteiger partial charge is 0.303 e. The molecular weight excluding hydrogens is 320 g/mol. The van der Waals surface area contributed by atoms with Gasteiger partial charge in [-0.1, -0.05) is 57.6 Å². The van der Waals surface area contributed by atoms with E-state index in [1.165, 1.54) is 12.8 Å². The summed E-state index contributed by atoms with van der Waals surface area (Å²) in [6, 6.07) is 0. The molecule has 2 rings (SSSR count). The second-order valence-corrected chi connectivity index (χ2v) is 7.54. The fourth-order valence-electron chi connectivity index (χ4n) is 4.05. The standard InChI is InChI=1S/C20H34O5/c1-2-3-6-9-15(21)12-13-17-16(18-14-19(17)25-24-18)10-7-4-5-8-11-20(22)23/h12-13,15-19,21H,2-11,14H2,1H3,(H,22,23)/b13-12+/t15?,16?,17?,18-,19+/m0/s1. The molecule has 2 aliphatic rings. The van der Waals surface area contributed by atoms with E-state index >= 15 is 0 Å². The normalized spacial score (nSPS) is 29.5. The van der Waals surface area contributed by atoms with E-state index in [9.17, 15) is 9.90 Å². The Morgan fingerprint density at radius 3 is 2.64 bits per heavy atom. The molecule has 1 saturated heterocycles. The number of carboxylic acid groups (broad SMARTS) is 1. The molecule has 0 spiro atoms. The minimum atomic E-state index is -0.707. The van der Waals surface area contributed by atoms with Crippen LogP contribution in [0.4, 0.5) is 0 Å². The summed E-state index contributed by atoms with van der Waals surface area (Å²) in [7, 11) is 0. The molecule has 2 bridgehead atoms. The van der Waals surface area contributed by atoms with Crippen molar-refractivity contribution in [1.29, 1.82) is 0 Å². The van der Waals surface area contributed by atoms with Crippen molar-refractivity contribution in [2.75, 3.05) is 0 Å². The zero-order chi connectivity index (χ0) is 18.1. The highest BCUT2D eigenvalue weighted by atomic mass is 17.2. The highest BCUT2D eigenvalue weighted by molar-refractivity contribution is 5.66. The van der Waals surface area contributed by atoms with Gasteiger partial charge in [-0.3, -0.25) is 4.79 Å². The SMILES string of the molecule is CCCCCC(O)/C=C/C1C(CCCCCCC(=O)O)[C@@H]2C[C@H]1OO2. The van der Waals surface area contributed by atoms with Crippen LogP contribution in [0, 0.1) is 11.8 Å². The van der Waals surface area contributed by atoms with Gasteiger partial charge in [0.2, 0.25) is 0 Å². The van der Waals surface area contributed by atoms with E-state index in [0.717, 1.165) is 51.4 Å². The first kappa shape index (κ1) is 20.4. The molecule has 1 saturated carbocycles. The fourth-order valence-corrected chi connectivity index (χ4v) is 4.05. The summed E-state index contributed by atoms with van der Waals surface area (Å²) in [5.41, 5.74) is 0. The molecule has 5 nitrogen and oxygen atoms in total. The third-order valence-electron chi connectivity index (χ3n) is 5.51. The van der Waals surface area contributed by atoms with Crippen LogP contribution >= 0.6 is 0 Å². The fraction of sp³-hybridized carbons (Fsp3) is 0.850. The van der Waals surface area contributed by atoms with E-state index in [4.69, 9.17) is 14.9 Å². The molecule has 2 fully saturated rings. The predicted molar refractivity (Wildman–Crippen MR) is 96.0 cm³/mol. The number of carboxylic acids is 1. The molecule has 25 heavy (non-hydrogen) atoms. The van der Waals surface area contributed by atoms with Gasteiger partial charge in [0.25, 0.3) is 0 Å². The van der Waals surface area contributed by atoms with Gasteiger partial charge in [-0.25, -0.2) is 9.78 Å². The van der Waals surface area contributed by atoms with E-state index in [-0.39, 0.29) is 24.7 Å². The van der Waals surface area contributed by atoms with Gasteiger partial charge in [-0.2, -0.15) is 0 Å². The number of hydrogen-bond donors (Lipinski definition) is 2. The van der Waals surface area contributed by atoms with Gasteiger partial charge in [0, 0.05) is 18.8 Å². The molecule has 5 heteroatoms. The molecule has 0 aromatic heterocycles. The monoisotopic (exact) mass is 354 g/mol. The van der Waals surface area contributed by atoms with Gasteiger partial charge in [0.05, 0.1) is 12.2 Å². The van der Waals surface area contributed by atoms with Crippen molar-refractivity contribution in [3.63, 3.8) is 0 Å². The van der Waals surface area contributed by atoms with E-state index in [1.54, 1.807) is 0 Å². The van der Waals surface area contributed by atoms with Crippen molar-refractivity contribution in [2.45, 2.75) is 95.9 Å². The van der Waals surface area contributed by atoms with Gasteiger partial charge >= 0.3 is 5.97 Å². The zero-order valence-electron chi connectivity index (χ0n) is 15.4. The molecule has 0 aromatic carbocycles. The highest BCUT2D eigenvalue weighted by Crippen LogP contribution is 2.45. The maximum atomic E-state index is 10.5. The summed E-state index contributed by atoms with van der Waals surface area (Å²) in [5, 5.41) is 18.8. The number of aliphatic hydroxyl groups excluding tert-OH is 1. The zero-order valence-corrected chi connectivity index (χ0v) is 15.4. The molecule has 1 heterocycles. The molecular formula is C20H34O5. The summed E-state index contributed by atoms with van der Waals surface area (Å²) in [6.45, 7) is 2.17. The predicted octanol–water partition coefficient (Wildman–Crippen LogP) is 4.24. The van der Waals surface area contributed by atoms with Crippen LogP contribution in [0.5, 0.6) is 0 Å². The van der Waals surface area contributed by atoms with Gasteiger partial charge in [-0.05, 0) is 25.2 Å². The molecule has 3 unspecified atom stereocenters. The van der Waals surface area contributed by atoms with E-state index in [1.807, 2.05) is 6.08 Å². The topological polar surface area (TPSA) is 76.0 Å². The number of fused-ring (bicyclic) bond motifs is 2. The third kappa shape index (κ3) is 6.72. The Labute approximate surface area is 151 Å². The van der Waals surface area contributed by atoms with E-state index in [2.05, 4.69) is 13.0 Å². The lowest BCUT2D eigenvalue weighted by atomic mass is 9.87. The lowest BCUT2D eigenvalue weighted by Crippen LogP contribution is -2.29. The number of unbranched alkanes of at least 4 members (excludes halogenated alkanes) is 5. The Morgan fingerprint density at radius 2 is 1.88 bits per heavy atom. The van der Waals surface area contributed by atoms with Crippen molar-refractivity contribution in [2.24, 2.45) is 11.8 Å². The lowest BCUT2D eigenvalue weighted by Gasteiger charge is -2.28. The quantitative estimate of drug-likeness (QED) is 0.294. The third-order valence-corrected chi connectivity index (χ3v) is 5.51. The number of carbonyl (C=O) groups is 1. The van der Waals surface area contributed by atoms with Crippen LogP contribution in [0.1, 0.15) is 77.6 Å². The van der Waals surface area contributed by atoms with E-state index in [0.29, 0.717) is 11.8 Å². The number of aliphatic hydroxyl groups is 1. The van der Waals surface area contributed by atoms with Gasteiger partial charge in [0.15, 0.2) is 0 Å². The number of aliphatic carboxylic acids is 1. The highest BCUT2D eigenvalue weighted by Gasteiger charge is 2.49. The minimum absolute atomic E-state index is 0.126. The Kier molecular flexibility index (Phi) is 8.93. The van der Waals surface area contributed by atoms with Crippen LogP contribution in [0.15, 0.2) is 12.2 Å². The van der Waals surface area contributed by atoms with E-state index < -0.39 is 5.97 Å². The largest absolute Gasteiger partial charge is 0.481 e. The average Bonchev–Trinajstić information content (AvgIpc) is 3.17. The van der Waals surface area contributed by atoms with Crippen LogP contribution < -0.4 is 0 Å². The molecule has 1 aliphatic carbocycles. The molecule has 0 aromatic rings. The summed E-state index contributed by atoms with van der Waals surface area (Å²) in [6.07, 6.45) is 14.5. The molecule has 0 radical (unpaired) electrons. The second-order valence-electron chi connectivity index (χ2n) is 7.54. The Morgan fingerprint density at radius 1 is 1.12 bits per heavy atom. The average molecular weight is 354 g/mol. The first-order valence-corrected chi connectivity index (χ1v) is 10.0. The maximum Gasteiger partial charge on any atom is 0.303 e. The van der Waals surface area contributed by atoms with Gasteiger partial charge in [-0.15, -0.1) is 0 Å². The summed E-state index contributed by atoms with van der Waals surface area (Å²) in [4.78, 5) is 21.3. The Hall–Kier alpha value is -0.910. The number of rotatable bonds is 13.